The summed E-state index contributed by atoms with van der Waals surface area (Å²) in [6.45, 7) is 9.24. The van der Waals surface area contributed by atoms with E-state index in [1.54, 1.807) is 24.5 Å². The minimum absolute atomic E-state index is 0.0621. The van der Waals surface area contributed by atoms with Gasteiger partial charge in [-0.3, -0.25) is 9.29 Å². The molecule has 0 saturated heterocycles. The normalized spacial score (nSPS) is 13.5. The monoisotopic (exact) mass is 530 g/mol. The van der Waals surface area contributed by atoms with Gasteiger partial charge in [-0.25, -0.2) is 23.4 Å². The van der Waals surface area contributed by atoms with Crippen molar-refractivity contribution in [3.05, 3.63) is 64.2 Å². The van der Waals surface area contributed by atoms with E-state index in [0.29, 0.717) is 34.5 Å². The van der Waals surface area contributed by atoms with Crippen LogP contribution in [-0.2, 0) is 23.0 Å². The maximum absolute atomic E-state index is 13.4. The fraction of sp³-hybridized carbons (Fsp3) is 0.391. The summed E-state index contributed by atoms with van der Waals surface area (Å²) in [5.74, 6) is 0.976. The molecule has 1 N–H and O–H groups in total. The maximum Gasteiger partial charge on any atom is 0.238 e. The van der Waals surface area contributed by atoms with Crippen LogP contribution in [0, 0.1) is 13.8 Å². The van der Waals surface area contributed by atoms with E-state index in [4.69, 9.17) is 16.1 Å². The SMILES string of the molecule is CCc1noc(C)c1Cn1c(NS(=O)(=O)[C@@H](C)[C@H](C)c2ncc(Cl)cn2)nnc1-c1cccc(C)n1. The molecule has 4 aromatic rings. The molecule has 0 radical (unpaired) electrons. The Morgan fingerprint density at radius 2 is 1.86 bits per heavy atom. The lowest BCUT2D eigenvalue weighted by Gasteiger charge is -2.20. The van der Waals surface area contributed by atoms with Crippen LogP contribution in [0.25, 0.3) is 11.5 Å². The van der Waals surface area contributed by atoms with E-state index < -0.39 is 21.2 Å². The highest BCUT2D eigenvalue weighted by Gasteiger charge is 2.31. The second kappa shape index (κ2) is 10.3. The van der Waals surface area contributed by atoms with Gasteiger partial charge in [0, 0.05) is 29.6 Å². The molecule has 11 nitrogen and oxygen atoms in total. The quantitative estimate of drug-likeness (QED) is 0.340. The number of nitrogens with zero attached hydrogens (tertiary/aromatic N) is 7. The summed E-state index contributed by atoms with van der Waals surface area (Å²) in [4.78, 5) is 12.9. The van der Waals surface area contributed by atoms with Gasteiger partial charge in [-0.15, -0.1) is 10.2 Å². The van der Waals surface area contributed by atoms with Crippen molar-refractivity contribution in [3.8, 4) is 11.5 Å². The highest BCUT2D eigenvalue weighted by atomic mass is 35.5. The van der Waals surface area contributed by atoms with Crippen molar-refractivity contribution in [2.24, 2.45) is 0 Å². The minimum Gasteiger partial charge on any atom is -0.361 e. The first-order valence-corrected chi connectivity index (χ1v) is 13.3. The molecule has 4 rings (SSSR count). The Kier molecular flexibility index (Phi) is 7.36. The smallest absolute Gasteiger partial charge is 0.238 e. The van der Waals surface area contributed by atoms with Crippen molar-refractivity contribution in [3.63, 3.8) is 0 Å². The van der Waals surface area contributed by atoms with Crippen LogP contribution in [0.4, 0.5) is 5.95 Å². The van der Waals surface area contributed by atoms with Gasteiger partial charge in [-0.1, -0.05) is 36.7 Å². The number of anilines is 1. The molecule has 0 aromatic carbocycles. The van der Waals surface area contributed by atoms with Crippen molar-refractivity contribution in [2.75, 3.05) is 4.72 Å². The molecule has 13 heteroatoms. The van der Waals surface area contributed by atoms with Crippen molar-refractivity contribution in [2.45, 2.75) is 58.8 Å². The number of hydrogen-bond donors (Lipinski definition) is 1. The third-order valence-corrected chi connectivity index (χ3v) is 8.11. The molecule has 0 saturated carbocycles. The number of aromatic nitrogens is 7. The summed E-state index contributed by atoms with van der Waals surface area (Å²) in [6.07, 6.45) is 3.54. The fourth-order valence-corrected chi connectivity index (χ4v) is 5.07. The Balaban J connectivity index is 1.72. The third kappa shape index (κ3) is 5.24. The van der Waals surface area contributed by atoms with E-state index in [-0.39, 0.29) is 12.5 Å². The van der Waals surface area contributed by atoms with Crippen LogP contribution in [0.2, 0.25) is 5.02 Å². The van der Waals surface area contributed by atoms with Gasteiger partial charge < -0.3 is 4.52 Å². The van der Waals surface area contributed by atoms with Gasteiger partial charge in [0.15, 0.2) is 5.82 Å². The molecule has 0 aliphatic carbocycles. The van der Waals surface area contributed by atoms with Gasteiger partial charge in [0.05, 0.1) is 22.5 Å². The lowest BCUT2D eigenvalue weighted by atomic mass is 10.1. The average Bonchev–Trinajstić information content (AvgIpc) is 3.41. The molecule has 0 amide bonds. The second-order valence-electron chi connectivity index (χ2n) is 8.52. The molecule has 0 aliphatic rings. The number of nitrogens with one attached hydrogen (secondary N) is 1. The van der Waals surface area contributed by atoms with E-state index in [1.165, 1.54) is 12.4 Å². The van der Waals surface area contributed by atoms with Crippen LogP contribution in [0.3, 0.4) is 0 Å². The van der Waals surface area contributed by atoms with Gasteiger partial charge in [0.1, 0.15) is 17.3 Å². The zero-order chi connectivity index (χ0) is 26.0. The summed E-state index contributed by atoms with van der Waals surface area (Å²) in [5.41, 5.74) is 2.98. The standard InChI is InChI=1S/C23H27ClN8O3S/c1-6-19-18(15(4)35-30-19)12-32-22(20-9-7-8-13(2)27-20)28-29-23(32)31-36(33,34)16(5)14(3)21-25-10-17(24)11-26-21/h7-11,14,16H,6,12H2,1-5H3,(H,29,31)/t14-,16-/m0/s1. The van der Waals surface area contributed by atoms with E-state index in [2.05, 4.69) is 35.0 Å². The zero-order valence-corrected chi connectivity index (χ0v) is 22.2. The minimum atomic E-state index is -3.92. The molecule has 0 aliphatic heterocycles. The van der Waals surface area contributed by atoms with Gasteiger partial charge >= 0.3 is 0 Å². The van der Waals surface area contributed by atoms with Crippen LogP contribution in [0.15, 0.2) is 35.1 Å². The van der Waals surface area contributed by atoms with Crippen molar-refractivity contribution in [1.82, 2.24) is 34.9 Å². The second-order valence-corrected chi connectivity index (χ2v) is 11.0. The van der Waals surface area contributed by atoms with Crippen LogP contribution >= 0.6 is 11.6 Å². The van der Waals surface area contributed by atoms with Crippen LogP contribution in [-0.4, -0.2) is 48.5 Å². The summed E-state index contributed by atoms with van der Waals surface area (Å²) < 4.78 is 36.5. The first-order valence-electron chi connectivity index (χ1n) is 11.4. The van der Waals surface area contributed by atoms with Crippen molar-refractivity contribution >= 4 is 27.6 Å². The van der Waals surface area contributed by atoms with Gasteiger partial charge in [-0.05, 0) is 39.3 Å². The Morgan fingerprint density at radius 1 is 1.14 bits per heavy atom. The Morgan fingerprint density at radius 3 is 2.53 bits per heavy atom. The first kappa shape index (κ1) is 25.7. The van der Waals surface area contributed by atoms with E-state index >= 15 is 0 Å². The van der Waals surface area contributed by atoms with Crippen molar-refractivity contribution < 1.29 is 12.9 Å². The summed E-state index contributed by atoms with van der Waals surface area (Å²) >= 11 is 5.87. The molecule has 36 heavy (non-hydrogen) atoms. The molecule has 4 aromatic heterocycles. The molecular weight excluding hydrogens is 504 g/mol. The molecule has 4 heterocycles. The molecule has 0 spiro atoms. The first-order chi connectivity index (χ1) is 17.1. The number of halogens is 1. The van der Waals surface area contributed by atoms with Gasteiger partial charge in [-0.2, -0.15) is 0 Å². The average molecular weight is 531 g/mol. The van der Waals surface area contributed by atoms with Crippen LogP contribution in [0.5, 0.6) is 0 Å². The summed E-state index contributed by atoms with van der Waals surface area (Å²) in [6, 6.07) is 5.53. The predicted molar refractivity (Wildman–Crippen MR) is 135 cm³/mol. The molecule has 2 atom stereocenters. The topological polar surface area (TPSA) is 142 Å². The molecule has 0 fully saturated rings. The largest absolute Gasteiger partial charge is 0.361 e. The lowest BCUT2D eigenvalue weighted by Crippen LogP contribution is -2.31. The van der Waals surface area contributed by atoms with E-state index in [0.717, 1.165) is 17.0 Å². The maximum atomic E-state index is 13.4. The Hall–Kier alpha value is -3.38. The summed E-state index contributed by atoms with van der Waals surface area (Å²) in [5, 5.41) is 12.1. The zero-order valence-electron chi connectivity index (χ0n) is 20.6. The molecule has 190 valence electrons. The van der Waals surface area contributed by atoms with Gasteiger partial charge in [0.25, 0.3) is 0 Å². The third-order valence-electron chi connectivity index (χ3n) is 6.06. The number of hydrogen-bond acceptors (Lipinski definition) is 9. The summed E-state index contributed by atoms with van der Waals surface area (Å²) in [7, 11) is -3.92. The number of rotatable bonds is 9. The lowest BCUT2D eigenvalue weighted by molar-refractivity contribution is 0.390. The van der Waals surface area contributed by atoms with E-state index in [1.807, 2.05) is 32.9 Å². The number of pyridine rings is 1. The highest BCUT2D eigenvalue weighted by molar-refractivity contribution is 7.93. The molecule has 0 unspecified atom stereocenters. The Bertz CT molecular complexity index is 1470. The molecular formula is C23H27ClN8O3S. The van der Waals surface area contributed by atoms with Gasteiger partial charge in [0.2, 0.25) is 16.0 Å². The van der Waals surface area contributed by atoms with Crippen LogP contribution < -0.4 is 4.72 Å². The van der Waals surface area contributed by atoms with Crippen molar-refractivity contribution in [1.29, 1.82) is 0 Å². The van der Waals surface area contributed by atoms with E-state index in [9.17, 15) is 8.42 Å². The Labute approximate surface area is 214 Å². The molecule has 0 bridgehead atoms. The highest BCUT2D eigenvalue weighted by Crippen LogP contribution is 2.27. The fourth-order valence-electron chi connectivity index (χ4n) is 3.72. The van der Waals surface area contributed by atoms with Crippen LogP contribution in [0.1, 0.15) is 55.2 Å². The number of sulfonamides is 1. The predicted octanol–water partition coefficient (Wildman–Crippen LogP) is 3.93. The number of aryl methyl sites for hydroxylation is 3.